The molecule has 1 N–H and O–H groups in total. The molecular formula is C16H18ClFN2O2S. The summed E-state index contributed by atoms with van der Waals surface area (Å²) in [7, 11) is 1.56. The Morgan fingerprint density at radius 3 is 3.00 bits per heavy atom. The van der Waals surface area contributed by atoms with Gasteiger partial charge in [0.15, 0.2) is 0 Å². The van der Waals surface area contributed by atoms with Gasteiger partial charge in [-0.15, -0.1) is 23.7 Å². The first kappa shape index (κ1) is 17.7. The molecule has 1 aliphatic rings. The lowest BCUT2D eigenvalue weighted by molar-refractivity contribution is 0.0636. The molecule has 1 aliphatic heterocycles. The molecule has 2 heterocycles. The standard InChI is InChI=1S/C16H17FN2O2S.ClH/c1-21-14-5-8-22-15(14)16(20)19-7-6-18-10-13(19)11-3-2-4-12(17)9-11;/h2-5,8-9,13,18H,6-7,10H2,1H3;1H. The van der Waals surface area contributed by atoms with Crippen molar-refractivity contribution in [2.75, 3.05) is 26.7 Å². The molecule has 0 saturated carbocycles. The van der Waals surface area contributed by atoms with E-state index in [4.69, 9.17) is 4.74 Å². The molecule has 0 bridgehead atoms. The van der Waals surface area contributed by atoms with Crippen LogP contribution in [0.2, 0.25) is 0 Å². The SMILES string of the molecule is COc1ccsc1C(=O)N1CCNCC1c1cccc(F)c1.Cl. The Kier molecular flexibility index (Phi) is 5.98. The summed E-state index contributed by atoms with van der Waals surface area (Å²) in [6, 6.07) is 8.04. The molecule has 1 atom stereocenters. The number of thiophene rings is 1. The van der Waals surface area contributed by atoms with Crippen LogP contribution in [-0.2, 0) is 0 Å². The Morgan fingerprint density at radius 1 is 1.43 bits per heavy atom. The normalized spacial score (nSPS) is 17.5. The van der Waals surface area contributed by atoms with Crippen LogP contribution in [0.25, 0.3) is 0 Å². The van der Waals surface area contributed by atoms with E-state index in [2.05, 4.69) is 5.32 Å². The van der Waals surface area contributed by atoms with E-state index >= 15 is 0 Å². The number of carbonyl (C=O) groups is 1. The number of rotatable bonds is 3. The van der Waals surface area contributed by atoms with Gasteiger partial charge in [-0.05, 0) is 29.1 Å². The Labute approximate surface area is 144 Å². The second-order valence-corrected chi connectivity index (χ2v) is 6.01. The summed E-state index contributed by atoms with van der Waals surface area (Å²) in [6.07, 6.45) is 0. The van der Waals surface area contributed by atoms with Crippen molar-refractivity contribution >= 4 is 29.7 Å². The number of ether oxygens (including phenoxy) is 1. The molecule has 23 heavy (non-hydrogen) atoms. The summed E-state index contributed by atoms with van der Waals surface area (Å²) in [5.74, 6) is 0.235. The average Bonchev–Trinajstić information content (AvgIpc) is 3.03. The fourth-order valence-corrected chi connectivity index (χ4v) is 3.52. The van der Waals surface area contributed by atoms with Crippen molar-refractivity contribution in [1.29, 1.82) is 0 Å². The first-order valence-corrected chi connectivity index (χ1v) is 7.97. The monoisotopic (exact) mass is 356 g/mol. The molecular weight excluding hydrogens is 339 g/mol. The van der Waals surface area contributed by atoms with Gasteiger partial charge in [-0.3, -0.25) is 4.79 Å². The molecule has 7 heteroatoms. The van der Waals surface area contributed by atoms with Crippen molar-refractivity contribution in [3.63, 3.8) is 0 Å². The highest BCUT2D eigenvalue weighted by atomic mass is 35.5. The van der Waals surface area contributed by atoms with E-state index in [0.717, 1.165) is 12.1 Å². The van der Waals surface area contributed by atoms with Crippen molar-refractivity contribution in [3.05, 3.63) is 52.0 Å². The van der Waals surface area contributed by atoms with Crippen LogP contribution in [0.1, 0.15) is 21.3 Å². The zero-order chi connectivity index (χ0) is 15.5. The number of halogens is 2. The summed E-state index contributed by atoms with van der Waals surface area (Å²) in [4.78, 5) is 15.2. The number of methoxy groups -OCH3 is 1. The maximum Gasteiger partial charge on any atom is 0.268 e. The van der Waals surface area contributed by atoms with Gasteiger partial charge in [0, 0.05) is 19.6 Å². The number of nitrogens with one attached hydrogen (secondary N) is 1. The molecule has 0 radical (unpaired) electrons. The zero-order valence-corrected chi connectivity index (χ0v) is 14.3. The Morgan fingerprint density at radius 2 is 2.26 bits per heavy atom. The maximum absolute atomic E-state index is 13.5. The summed E-state index contributed by atoms with van der Waals surface area (Å²) in [6.45, 7) is 1.93. The second-order valence-electron chi connectivity index (χ2n) is 5.09. The van der Waals surface area contributed by atoms with Crippen molar-refractivity contribution in [1.82, 2.24) is 10.2 Å². The van der Waals surface area contributed by atoms with Gasteiger partial charge in [0.05, 0.1) is 13.2 Å². The Bertz CT molecular complexity index is 680. The van der Waals surface area contributed by atoms with E-state index in [1.807, 2.05) is 11.4 Å². The summed E-state index contributed by atoms with van der Waals surface area (Å²) < 4.78 is 18.7. The smallest absolute Gasteiger partial charge is 0.268 e. The lowest BCUT2D eigenvalue weighted by Gasteiger charge is -2.36. The number of carbonyl (C=O) groups excluding carboxylic acids is 1. The molecule has 1 unspecified atom stereocenters. The zero-order valence-electron chi connectivity index (χ0n) is 12.6. The van der Waals surface area contributed by atoms with Crippen LogP contribution in [0.15, 0.2) is 35.7 Å². The average molecular weight is 357 g/mol. The minimum absolute atomic E-state index is 0. The van der Waals surface area contributed by atoms with Crippen molar-refractivity contribution in [2.24, 2.45) is 0 Å². The number of piperazine rings is 1. The van der Waals surface area contributed by atoms with Crippen LogP contribution in [0.3, 0.4) is 0 Å². The largest absolute Gasteiger partial charge is 0.495 e. The molecule has 1 aromatic heterocycles. The molecule has 2 aromatic rings. The quantitative estimate of drug-likeness (QED) is 0.918. The molecule has 0 aliphatic carbocycles. The molecule has 4 nitrogen and oxygen atoms in total. The number of hydrogen-bond acceptors (Lipinski definition) is 4. The van der Waals surface area contributed by atoms with Crippen molar-refractivity contribution < 1.29 is 13.9 Å². The summed E-state index contributed by atoms with van der Waals surface area (Å²) >= 11 is 1.37. The van der Waals surface area contributed by atoms with Gasteiger partial charge >= 0.3 is 0 Å². The third kappa shape index (κ3) is 3.65. The lowest BCUT2D eigenvalue weighted by atomic mass is 10.0. The van der Waals surface area contributed by atoms with Gasteiger partial charge in [0.2, 0.25) is 0 Å². The minimum Gasteiger partial charge on any atom is -0.495 e. The molecule has 124 valence electrons. The third-order valence-electron chi connectivity index (χ3n) is 3.78. The van der Waals surface area contributed by atoms with Crippen LogP contribution < -0.4 is 10.1 Å². The molecule has 1 aromatic carbocycles. The fraction of sp³-hybridized carbons (Fsp3) is 0.312. The second kappa shape index (κ2) is 7.77. The fourth-order valence-electron chi connectivity index (χ4n) is 2.70. The third-order valence-corrected chi connectivity index (χ3v) is 4.66. The highest BCUT2D eigenvalue weighted by Crippen LogP contribution is 2.30. The molecule has 1 amide bonds. The van der Waals surface area contributed by atoms with Crippen LogP contribution in [0.5, 0.6) is 5.75 Å². The maximum atomic E-state index is 13.5. The van der Waals surface area contributed by atoms with E-state index in [9.17, 15) is 9.18 Å². The molecule has 3 rings (SSSR count). The predicted molar refractivity (Wildman–Crippen MR) is 91.2 cm³/mol. The van der Waals surface area contributed by atoms with Crippen LogP contribution in [0.4, 0.5) is 4.39 Å². The van der Waals surface area contributed by atoms with Gasteiger partial charge in [-0.1, -0.05) is 12.1 Å². The van der Waals surface area contributed by atoms with Crippen LogP contribution in [-0.4, -0.2) is 37.6 Å². The predicted octanol–water partition coefficient (Wildman–Crippen LogP) is 3.10. The van der Waals surface area contributed by atoms with Gasteiger partial charge in [-0.2, -0.15) is 0 Å². The minimum atomic E-state index is -0.288. The van der Waals surface area contributed by atoms with Gasteiger partial charge in [0.1, 0.15) is 16.4 Å². The van der Waals surface area contributed by atoms with Gasteiger partial charge < -0.3 is 15.0 Å². The first-order chi connectivity index (χ1) is 10.7. The highest BCUT2D eigenvalue weighted by Gasteiger charge is 2.30. The molecule has 1 fully saturated rings. The van der Waals surface area contributed by atoms with E-state index in [1.165, 1.54) is 23.5 Å². The Hall–Kier alpha value is -1.63. The van der Waals surface area contributed by atoms with Crippen LogP contribution in [0, 0.1) is 5.82 Å². The van der Waals surface area contributed by atoms with Crippen molar-refractivity contribution in [3.8, 4) is 5.75 Å². The highest BCUT2D eigenvalue weighted by molar-refractivity contribution is 7.12. The molecule has 0 spiro atoms. The van der Waals surface area contributed by atoms with Crippen molar-refractivity contribution in [2.45, 2.75) is 6.04 Å². The number of benzene rings is 1. The number of nitrogens with zero attached hydrogens (tertiary/aromatic N) is 1. The topological polar surface area (TPSA) is 41.6 Å². The first-order valence-electron chi connectivity index (χ1n) is 7.09. The van der Waals surface area contributed by atoms with Gasteiger partial charge in [-0.25, -0.2) is 4.39 Å². The van der Waals surface area contributed by atoms with Gasteiger partial charge in [0.25, 0.3) is 5.91 Å². The summed E-state index contributed by atoms with van der Waals surface area (Å²) in [5, 5.41) is 5.11. The molecule has 1 saturated heterocycles. The number of hydrogen-bond donors (Lipinski definition) is 1. The summed E-state index contributed by atoms with van der Waals surface area (Å²) in [5.41, 5.74) is 0.802. The van der Waals surface area contributed by atoms with E-state index in [-0.39, 0.29) is 30.2 Å². The lowest BCUT2D eigenvalue weighted by Crippen LogP contribution is -2.48. The number of amides is 1. The van der Waals surface area contributed by atoms with E-state index in [0.29, 0.717) is 23.7 Å². The van der Waals surface area contributed by atoms with E-state index in [1.54, 1.807) is 24.1 Å². The van der Waals surface area contributed by atoms with E-state index < -0.39 is 0 Å². The van der Waals surface area contributed by atoms with Crippen LogP contribution >= 0.6 is 23.7 Å². The Balaban J connectivity index is 0.00000192.